The van der Waals surface area contributed by atoms with E-state index < -0.39 is 11.4 Å². The van der Waals surface area contributed by atoms with Crippen LogP contribution in [0.3, 0.4) is 0 Å². The fraction of sp³-hybridized carbons (Fsp3) is 0.643. The topological polar surface area (TPSA) is 65.0 Å². The smallest absolute Gasteiger partial charge is 0.286 e. The van der Waals surface area contributed by atoms with Crippen LogP contribution in [0.15, 0.2) is 27.6 Å². The van der Waals surface area contributed by atoms with Gasteiger partial charge in [0.15, 0.2) is 11.1 Å². The molecule has 0 aromatic carbocycles. The standard InChI is InChI=1S/C14H19NO4/c1-8-10(3)14(19-15-17)11(9(2)12(8)16)6-7-13(4,5)18-14/h6-7H2,1-5H3. The molecule has 0 aromatic rings. The van der Waals surface area contributed by atoms with E-state index in [0.29, 0.717) is 23.1 Å². The molecule has 5 nitrogen and oxygen atoms in total. The highest BCUT2D eigenvalue weighted by Crippen LogP contribution is 2.49. The summed E-state index contributed by atoms with van der Waals surface area (Å²) < 4.78 is 6.02. The van der Waals surface area contributed by atoms with Crippen LogP contribution >= 0.6 is 0 Å². The molecule has 0 amide bonds. The molecular formula is C14H19NO4. The van der Waals surface area contributed by atoms with Crippen molar-refractivity contribution < 1.29 is 14.4 Å². The average molecular weight is 265 g/mol. The molecule has 0 bridgehead atoms. The Balaban J connectivity index is 2.65. The van der Waals surface area contributed by atoms with E-state index in [1.54, 1.807) is 20.8 Å². The molecular weight excluding hydrogens is 246 g/mol. The van der Waals surface area contributed by atoms with E-state index in [9.17, 15) is 9.70 Å². The lowest BCUT2D eigenvalue weighted by molar-refractivity contribution is -0.257. The normalized spacial score (nSPS) is 30.3. The molecule has 1 unspecified atom stereocenters. The van der Waals surface area contributed by atoms with Crippen molar-refractivity contribution in [1.82, 2.24) is 0 Å². The van der Waals surface area contributed by atoms with Gasteiger partial charge in [-0.1, -0.05) is 0 Å². The number of allylic oxidation sites excluding steroid dienone is 2. The molecule has 2 aliphatic rings. The number of carbonyl (C=O) groups is 1. The van der Waals surface area contributed by atoms with Crippen molar-refractivity contribution in [2.75, 3.05) is 0 Å². The lowest BCUT2D eigenvalue weighted by Crippen LogP contribution is -2.52. The van der Waals surface area contributed by atoms with Crippen LogP contribution in [0.1, 0.15) is 47.5 Å². The van der Waals surface area contributed by atoms with Gasteiger partial charge in [-0.2, -0.15) is 0 Å². The third kappa shape index (κ3) is 1.92. The first-order valence-electron chi connectivity index (χ1n) is 6.39. The lowest BCUT2D eigenvalue weighted by Gasteiger charge is -2.47. The Morgan fingerprint density at radius 3 is 2.42 bits per heavy atom. The van der Waals surface area contributed by atoms with Gasteiger partial charge in [0.05, 0.1) is 5.60 Å². The van der Waals surface area contributed by atoms with E-state index in [1.165, 1.54) is 0 Å². The molecule has 1 atom stereocenters. The first-order valence-corrected chi connectivity index (χ1v) is 6.39. The number of fused-ring (bicyclic) bond motifs is 1. The summed E-state index contributed by atoms with van der Waals surface area (Å²) in [6.45, 7) is 9.10. The first kappa shape index (κ1) is 13.9. The molecule has 0 aromatic heterocycles. The fourth-order valence-electron chi connectivity index (χ4n) is 2.86. The van der Waals surface area contributed by atoms with Crippen molar-refractivity contribution in [3.05, 3.63) is 27.2 Å². The van der Waals surface area contributed by atoms with E-state index in [-0.39, 0.29) is 5.78 Å². The Morgan fingerprint density at radius 1 is 1.21 bits per heavy atom. The molecule has 104 valence electrons. The monoisotopic (exact) mass is 265 g/mol. The second-order valence-electron chi connectivity index (χ2n) is 5.83. The van der Waals surface area contributed by atoms with Crippen LogP contribution in [0.25, 0.3) is 0 Å². The van der Waals surface area contributed by atoms with Gasteiger partial charge < -0.3 is 9.57 Å². The van der Waals surface area contributed by atoms with E-state index in [1.807, 2.05) is 13.8 Å². The maximum Gasteiger partial charge on any atom is 0.286 e. The summed E-state index contributed by atoms with van der Waals surface area (Å²) in [6, 6.07) is 0. The Bertz CT molecular complexity index is 516. The van der Waals surface area contributed by atoms with Gasteiger partial charge in [0.25, 0.3) is 5.79 Å². The van der Waals surface area contributed by atoms with Gasteiger partial charge in [-0.05, 0) is 47.5 Å². The van der Waals surface area contributed by atoms with Crippen molar-refractivity contribution in [3.63, 3.8) is 0 Å². The maximum absolute atomic E-state index is 12.2. The molecule has 1 aliphatic heterocycles. The summed E-state index contributed by atoms with van der Waals surface area (Å²) in [7, 11) is 0. The van der Waals surface area contributed by atoms with Gasteiger partial charge in [-0.3, -0.25) is 4.79 Å². The second kappa shape index (κ2) is 4.27. The number of ketones is 1. The van der Waals surface area contributed by atoms with Gasteiger partial charge in [-0.15, -0.1) is 4.91 Å². The fourth-order valence-corrected chi connectivity index (χ4v) is 2.86. The summed E-state index contributed by atoms with van der Waals surface area (Å²) in [5, 5.41) is 2.59. The molecule has 0 spiro atoms. The predicted molar refractivity (Wildman–Crippen MR) is 70.1 cm³/mol. The summed E-state index contributed by atoms with van der Waals surface area (Å²) in [4.78, 5) is 27.9. The van der Waals surface area contributed by atoms with E-state index in [4.69, 9.17) is 9.57 Å². The third-order valence-corrected chi connectivity index (χ3v) is 4.15. The average Bonchev–Trinajstić information content (AvgIpc) is 2.33. The highest BCUT2D eigenvalue weighted by molar-refractivity contribution is 6.10. The zero-order valence-electron chi connectivity index (χ0n) is 12.0. The molecule has 0 radical (unpaired) electrons. The maximum atomic E-state index is 12.2. The first-order chi connectivity index (χ1) is 8.75. The zero-order valence-corrected chi connectivity index (χ0v) is 12.0. The van der Waals surface area contributed by atoms with Crippen molar-refractivity contribution >= 4 is 5.78 Å². The Morgan fingerprint density at radius 2 is 1.84 bits per heavy atom. The van der Waals surface area contributed by atoms with Crippen molar-refractivity contribution in [2.45, 2.75) is 58.8 Å². The van der Waals surface area contributed by atoms with Gasteiger partial charge >= 0.3 is 0 Å². The van der Waals surface area contributed by atoms with Crippen LogP contribution in [0, 0.1) is 4.91 Å². The quantitative estimate of drug-likeness (QED) is 0.568. The van der Waals surface area contributed by atoms with Crippen molar-refractivity contribution in [2.24, 2.45) is 5.34 Å². The van der Waals surface area contributed by atoms with E-state index in [0.717, 1.165) is 12.0 Å². The molecule has 2 rings (SSSR count). The van der Waals surface area contributed by atoms with E-state index in [2.05, 4.69) is 5.34 Å². The minimum atomic E-state index is -1.30. The summed E-state index contributed by atoms with van der Waals surface area (Å²) in [6.07, 6.45) is 1.42. The number of hydrogen-bond acceptors (Lipinski definition) is 5. The third-order valence-electron chi connectivity index (χ3n) is 4.15. The van der Waals surface area contributed by atoms with Crippen molar-refractivity contribution in [1.29, 1.82) is 0 Å². The molecule has 5 heteroatoms. The number of nitrogens with zero attached hydrogens (tertiary/aromatic N) is 1. The molecule has 0 N–H and O–H groups in total. The van der Waals surface area contributed by atoms with Crippen LogP contribution in [0.4, 0.5) is 0 Å². The van der Waals surface area contributed by atoms with E-state index >= 15 is 0 Å². The molecule has 0 saturated carbocycles. The summed E-state index contributed by atoms with van der Waals surface area (Å²) >= 11 is 0. The van der Waals surface area contributed by atoms with Crippen LogP contribution in [-0.2, 0) is 14.4 Å². The SMILES string of the molecule is CC1=C(C)C2(ON=O)OC(C)(C)CCC2=C(C)C1=O. The number of Topliss-reactive ketones (excluding diaryl/α,β-unsaturated/α-hetero) is 1. The van der Waals surface area contributed by atoms with Crippen LogP contribution in [0.2, 0.25) is 0 Å². The molecule has 1 saturated heterocycles. The second-order valence-corrected chi connectivity index (χ2v) is 5.83. The Labute approximate surface area is 112 Å². The number of rotatable bonds is 2. The van der Waals surface area contributed by atoms with Crippen molar-refractivity contribution in [3.8, 4) is 0 Å². The number of hydrogen-bond donors (Lipinski definition) is 0. The minimum absolute atomic E-state index is 0.0130. The summed E-state index contributed by atoms with van der Waals surface area (Å²) in [5.74, 6) is -1.31. The highest BCUT2D eigenvalue weighted by Gasteiger charge is 2.53. The number of ether oxygens (including phenoxy) is 1. The van der Waals surface area contributed by atoms with Gasteiger partial charge in [0.2, 0.25) is 0 Å². The van der Waals surface area contributed by atoms with Gasteiger partial charge in [-0.25, -0.2) is 0 Å². The predicted octanol–water partition coefficient (Wildman–Crippen LogP) is 3.21. The van der Waals surface area contributed by atoms with Crippen LogP contribution in [-0.4, -0.2) is 17.2 Å². The van der Waals surface area contributed by atoms with Crippen LogP contribution < -0.4 is 0 Å². The molecule has 1 fully saturated rings. The highest BCUT2D eigenvalue weighted by atomic mass is 16.8. The number of carbonyl (C=O) groups excluding carboxylic acids is 1. The summed E-state index contributed by atoms with van der Waals surface area (Å²) in [5.41, 5.74) is 2.06. The molecule has 1 aliphatic carbocycles. The minimum Gasteiger partial charge on any atom is -0.326 e. The van der Waals surface area contributed by atoms with Gasteiger partial charge in [0, 0.05) is 22.3 Å². The Hall–Kier alpha value is -1.49. The molecule has 1 heterocycles. The van der Waals surface area contributed by atoms with Crippen LogP contribution in [0.5, 0.6) is 0 Å². The molecule has 19 heavy (non-hydrogen) atoms. The van der Waals surface area contributed by atoms with Gasteiger partial charge in [0.1, 0.15) is 0 Å². The largest absolute Gasteiger partial charge is 0.326 e. The lowest BCUT2D eigenvalue weighted by atomic mass is 9.76. The Kier molecular flexibility index (Phi) is 3.13. The zero-order chi connectivity index (χ0) is 14.4.